The number of rotatable bonds is 5. The van der Waals surface area contributed by atoms with E-state index >= 15 is 0 Å². The highest BCUT2D eigenvalue weighted by atomic mass is 16.6. The van der Waals surface area contributed by atoms with Gasteiger partial charge in [-0.05, 0) is 37.7 Å². The monoisotopic (exact) mass is 331 g/mol. The van der Waals surface area contributed by atoms with Crippen LogP contribution in [0.1, 0.15) is 37.7 Å². The topological polar surface area (TPSA) is 55.8 Å². The maximum atomic E-state index is 12.6. The second-order valence-corrected chi connectivity index (χ2v) is 6.75. The smallest absolute Gasteiger partial charge is 0.410 e. The number of nitrogens with zero attached hydrogens (tertiary/aromatic N) is 1. The van der Waals surface area contributed by atoms with Gasteiger partial charge in [0.15, 0.2) is 5.78 Å². The fourth-order valence-electron chi connectivity index (χ4n) is 4.00. The number of hydrogen-bond donors (Lipinski definition) is 0. The number of Topliss-reactive ketones (excluding diaryl/α,β-unsaturated/α-hetero) is 1. The first-order chi connectivity index (χ1) is 11.7. The Labute approximate surface area is 142 Å². The summed E-state index contributed by atoms with van der Waals surface area (Å²) in [4.78, 5) is 26.6. The number of piperidine rings is 2. The van der Waals surface area contributed by atoms with E-state index in [2.05, 4.69) is 0 Å². The summed E-state index contributed by atoms with van der Waals surface area (Å²) < 4.78 is 10.5. The van der Waals surface area contributed by atoms with Crippen LogP contribution in [0.2, 0.25) is 0 Å². The van der Waals surface area contributed by atoms with Crippen LogP contribution in [-0.4, -0.2) is 42.6 Å². The van der Waals surface area contributed by atoms with E-state index in [-0.39, 0.29) is 36.5 Å². The Morgan fingerprint density at radius 2 is 1.79 bits per heavy atom. The molecule has 2 heterocycles. The first-order valence-electron chi connectivity index (χ1n) is 8.69. The number of amides is 1. The number of carbonyl (C=O) groups is 2. The summed E-state index contributed by atoms with van der Waals surface area (Å²) in [5.74, 6) is 0.171. The summed E-state index contributed by atoms with van der Waals surface area (Å²) in [6.07, 6.45) is 4.24. The molecule has 5 nitrogen and oxygen atoms in total. The highest BCUT2D eigenvalue weighted by molar-refractivity contribution is 5.82. The third kappa shape index (κ3) is 3.78. The highest BCUT2D eigenvalue weighted by Crippen LogP contribution is 2.37. The predicted molar refractivity (Wildman–Crippen MR) is 89.5 cm³/mol. The SMILES string of the molecule is COCC(=O)C1CC2CCCC(C1)N2C(=O)OCc1ccccc1. The van der Waals surface area contributed by atoms with Gasteiger partial charge in [-0.3, -0.25) is 4.79 Å². The molecule has 24 heavy (non-hydrogen) atoms. The molecule has 1 aromatic carbocycles. The van der Waals surface area contributed by atoms with Crippen LogP contribution in [0, 0.1) is 5.92 Å². The molecule has 0 radical (unpaired) electrons. The van der Waals surface area contributed by atoms with Crippen molar-refractivity contribution in [3.63, 3.8) is 0 Å². The summed E-state index contributed by atoms with van der Waals surface area (Å²) in [6.45, 7) is 0.463. The molecule has 2 saturated heterocycles. The lowest BCUT2D eigenvalue weighted by Gasteiger charge is -2.47. The Morgan fingerprint density at radius 3 is 2.42 bits per heavy atom. The minimum absolute atomic E-state index is 0.0124. The van der Waals surface area contributed by atoms with Crippen LogP contribution in [-0.2, 0) is 20.9 Å². The van der Waals surface area contributed by atoms with Crippen molar-refractivity contribution in [1.82, 2.24) is 4.90 Å². The standard InChI is InChI=1S/C19H25NO4/c1-23-13-18(21)15-10-16-8-5-9-17(11-15)20(16)19(22)24-12-14-6-3-2-4-7-14/h2-4,6-7,15-17H,5,8-13H2,1H3. The number of methoxy groups -OCH3 is 1. The number of ether oxygens (including phenoxy) is 2. The molecular weight excluding hydrogens is 306 g/mol. The minimum atomic E-state index is -0.244. The molecule has 0 N–H and O–H groups in total. The second kappa shape index (κ2) is 7.79. The quantitative estimate of drug-likeness (QED) is 0.831. The van der Waals surface area contributed by atoms with E-state index in [0.29, 0.717) is 6.61 Å². The molecule has 0 spiro atoms. The van der Waals surface area contributed by atoms with Crippen LogP contribution in [0.15, 0.2) is 30.3 Å². The zero-order chi connectivity index (χ0) is 16.9. The van der Waals surface area contributed by atoms with E-state index in [9.17, 15) is 9.59 Å². The van der Waals surface area contributed by atoms with E-state index < -0.39 is 0 Å². The first-order valence-corrected chi connectivity index (χ1v) is 8.69. The summed E-state index contributed by atoms with van der Waals surface area (Å²) in [5, 5.41) is 0. The molecule has 3 rings (SSSR count). The molecule has 2 unspecified atom stereocenters. The number of fused-ring (bicyclic) bond motifs is 2. The van der Waals surface area contributed by atoms with Crippen molar-refractivity contribution in [2.75, 3.05) is 13.7 Å². The van der Waals surface area contributed by atoms with E-state index in [0.717, 1.165) is 37.7 Å². The number of benzene rings is 1. The van der Waals surface area contributed by atoms with Gasteiger partial charge in [0.1, 0.15) is 13.2 Å². The number of ketones is 1. The van der Waals surface area contributed by atoms with Crippen LogP contribution >= 0.6 is 0 Å². The molecule has 130 valence electrons. The Kier molecular flexibility index (Phi) is 5.51. The number of hydrogen-bond acceptors (Lipinski definition) is 4. The van der Waals surface area contributed by atoms with Crippen molar-refractivity contribution in [3.05, 3.63) is 35.9 Å². The normalized spacial score (nSPS) is 26.0. The van der Waals surface area contributed by atoms with Gasteiger partial charge in [0, 0.05) is 25.1 Å². The van der Waals surface area contributed by atoms with Gasteiger partial charge >= 0.3 is 6.09 Å². The van der Waals surface area contributed by atoms with E-state index in [1.165, 1.54) is 0 Å². The van der Waals surface area contributed by atoms with Crippen LogP contribution in [0.3, 0.4) is 0 Å². The molecule has 2 aliphatic heterocycles. The lowest BCUT2D eigenvalue weighted by atomic mass is 9.77. The molecule has 1 aromatic rings. The molecule has 1 amide bonds. The van der Waals surface area contributed by atoms with Crippen molar-refractivity contribution in [1.29, 1.82) is 0 Å². The molecule has 5 heteroatoms. The number of carbonyl (C=O) groups excluding carboxylic acids is 2. The van der Waals surface area contributed by atoms with Gasteiger partial charge in [-0.1, -0.05) is 30.3 Å². The van der Waals surface area contributed by atoms with E-state index in [4.69, 9.17) is 9.47 Å². The lowest BCUT2D eigenvalue weighted by molar-refractivity contribution is -0.130. The van der Waals surface area contributed by atoms with Crippen LogP contribution in [0.4, 0.5) is 4.79 Å². The van der Waals surface area contributed by atoms with Gasteiger partial charge < -0.3 is 14.4 Å². The average molecular weight is 331 g/mol. The van der Waals surface area contributed by atoms with Crippen molar-refractivity contribution in [3.8, 4) is 0 Å². The van der Waals surface area contributed by atoms with Gasteiger partial charge in [-0.15, -0.1) is 0 Å². The third-order valence-corrected chi connectivity index (χ3v) is 5.13. The molecule has 2 fully saturated rings. The molecule has 0 aromatic heterocycles. The predicted octanol–water partition coefficient (Wildman–Crippen LogP) is 3.17. The summed E-state index contributed by atoms with van der Waals surface area (Å²) >= 11 is 0. The Morgan fingerprint density at radius 1 is 1.12 bits per heavy atom. The van der Waals surface area contributed by atoms with Gasteiger partial charge in [0.2, 0.25) is 0 Å². The van der Waals surface area contributed by atoms with Crippen molar-refractivity contribution in [2.24, 2.45) is 5.92 Å². The molecule has 0 aliphatic carbocycles. The van der Waals surface area contributed by atoms with Crippen molar-refractivity contribution in [2.45, 2.75) is 50.8 Å². The molecule has 0 saturated carbocycles. The fraction of sp³-hybridized carbons (Fsp3) is 0.579. The highest BCUT2D eigenvalue weighted by Gasteiger charge is 2.43. The molecular formula is C19H25NO4. The van der Waals surface area contributed by atoms with Crippen molar-refractivity contribution < 1.29 is 19.1 Å². The molecule has 2 atom stereocenters. The Balaban J connectivity index is 1.61. The largest absolute Gasteiger partial charge is 0.445 e. The Bertz CT molecular complexity index is 560. The Hall–Kier alpha value is -1.88. The summed E-state index contributed by atoms with van der Waals surface area (Å²) in [5.41, 5.74) is 0.987. The zero-order valence-corrected chi connectivity index (χ0v) is 14.1. The van der Waals surface area contributed by atoms with Crippen LogP contribution in [0.25, 0.3) is 0 Å². The maximum Gasteiger partial charge on any atom is 0.410 e. The van der Waals surface area contributed by atoms with Gasteiger partial charge in [0.25, 0.3) is 0 Å². The molecule has 2 aliphatic rings. The lowest BCUT2D eigenvalue weighted by Crippen LogP contribution is -2.56. The van der Waals surface area contributed by atoms with Gasteiger partial charge in [0.05, 0.1) is 0 Å². The van der Waals surface area contributed by atoms with Crippen LogP contribution in [0.5, 0.6) is 0 Å². The fourth-order valence-corrected chi connectivity index (χ4v) is 4.00. The van der Waals surface area contributed by atoms with Crippen LogP contribution < -0.4 is 0 Å². The third-order valence-electron chi connectivity index (χ3n) is 5.13. The van der Waals surface area contributed by atoms with Gasteiger partial charge in [-0.25, -0.2) is 4.79 Å². The summed E-state index contributed by atoms with van der Waals surface area (Å²) in [6, 6.07) is 9.94. The van der Waals surface area contributed by atoms with Crippen molar-refractivity contribution >= 4 is 11.9 Å². The molecule has 2 bridgehead atoms. The van der Waals surface area contributed by atoms with E-state index in [1.807, 2.05) is 35.2 Å². The average Bonchev–Trinajstić information content (AvgIpc) is 2.59. The zero-order valence-electron chi connectivity index (χ0n) is 14.1. The van der Waals surface area contributed by atoms with Gasteiger partial charge in [-0.2, -0.15) is 0 Å². The second-order valence-electron chi connectivity index (χ2n) is 6.75. The minimum Gasteiger partial charge on any atom is -0.445 e. The summed E-state index contributed by atoms with van der Waals surface area (Å²) in [7, 11) is 1.55. The van der Waals surface area contributed by atoms with E-state index in [1.54, 1.807) is 7.11 Å². The maximum absolute atomic E-state index is 12.6. The first kappa shape index (κ1) is 17.0.